The van der Waals surface area contributed by atoms with Crippen molar-refractivity contribution >= 4 is 5.91 Å². The normalized spacial score (nSPS) is 17.0. The van der Waals surface area contributed by atoms with Crippen LogP contribution in [0.1, 0.15) is 18.7 Å². The van der Waals surface area contributed by atoms with Gasteiger partial charge in [0.25, 0.3) is 0 Å². The first-order valence-corrected chi connectivity index (χ1v) is 7.28. The van der Waals surface area contributed by atoms with E-state index in [2.05, 4.69) is 14.9 Å². The summed E-state index contributed by atoms with van der Waals surface area (Å²) in [6.07, 6.45) is 5.93. The molecule has 1 N–H and O–H groups in total. The first kappa shape index (κ1) is 13.7. The largest absolute Gasteiger partial charge is 0.493 e. The SMILES string of the molecule is O=C(CCOc1ccccc1)NC1CCn2ccnc2C1. The summed E-state index contributed by atoms with van der Waals surface area (Å²) >= 11 is 0. The number of nitrogens with one attached hydrogen (secondary N) is 1. The summed E-state index contributed by atoms with van der Waals surface area (Å²) in [5.41, 5.74) is 0. The van der Waals surface area contributed by atoms with E-state index in [0.29, 0.717) is 13.0 Å². The van der Waals surface area contributed by atoms with E-state index in [9.17, 15) is 4.79 Å². The summed E-state index contributed by atoms with van der Waals surface area (Å²) in [6, 6.07) is 9.73. The quantitative estimate of drug-likeness (QED) is 0.911. The molecule has 1 aliphatic rings. The Kier molecular flexibility index (Phi) is 4.19. The number of amides is 1. The molecule has 3 rings (SSSR count). The monoisotopic (exact) mass is 285 g/mol. The topological polar surface area (TPSA) is 56.1 Å². The van der Waals surface area contributed by atoms with Crippen molar-refractivity contribution in [3.05, 3.63) is 48.5 Å². The Morgan fingerprint density at radius 1 is 1.38 bits per heavy atom. The van der Waals surface area contributed by atoms with Gasteiger partial charge in [0.05, 0.1) is 13.0 Å². The van der Waals surface area contributed by atoms with Crippen LogP contribution in [0.4, 0.5) is 0 Å². The number of hydrogen-bond acceptors (Lipinski definition) is 3. The third kappa shape index (κ3) is 3.62. The molecule has 2 heterocycles. The minimum Gasteiger partial charge on any atom is -0.493 e. The lowest BCUT2D eigenvalue weighted by atomic mass is 10.1. The molecule has 0 saturated carbocycles. The van der Waals surface area contributed by atoms with Crippen molar-refractivity contribution in [3.8, 4) is 5.75 Å². The number of nitrogens with zero attached hydrogens (tertiary/aromatic N) is 2. The number of benzene rings is 1. The van der Waals surface area contributed by atoms with Crippen LogP contribution in [-0.4, -0.2) is 28.1 Å². The van der Waals surface area contributed by atoms with Crippen molar-refractivity contribution in [1.29, 1.82) is 0 Å². The van der Waals surface area contributed by atoms with Crippen LogP contribution in [0, 0.1) is 0 Å². The number of imidazole rings is 1. The molecule has 1 aromatic heterocycles. The summed E-state index contributed by atoms with van der Waals surface area (Å²) in [7, 11) is 0. The van der Waals surface area contributed by atoms with Crippen molar-refractivity contribution in [3.63, 3.8) is 0 Å². The van der Waals surface area contributed by atoms with Gasteiger partial charge >= 0.3 is 0 Å². The summed E-state index contributed by atoms with van der Waals surface area (Å²) < 4.78 is 7.67. The summed E-state index contributed by atoms with van der Waals surface area (Å²) in [5.74, 6) is 1.88. The zero-order valence-corrected chi connectivity index (χ0v) is 11.9. The summed E-state index contributed by atoms with van der Waals surface area (Å²) in [4.78, 5) is 16.2. The predicted molar refractivity (Wildman–Crippen MR) is 79.0 cm³/mol. The lowest BCUT2D eigenvalue weighted by Crippen LogP contribution is -2.40. The van der Waals surface area contributed by atoms with E-state index in [1.54, 1.807) is 0 Å². The molecule has 2 aromatic rings. The molecule has 5 nitrogen and oxygen atoms in total. The van der Waals surface area contributed by atoms with Crippen LogP contribution < -0.4 is 10.1 Å². The molecule has 1 unspecified atom stereocenters. The van der Waals surface area contributed by atoms with E-state index in [4.69, 9.17) is 4.74 Å². The van der Waals surface area contributed by atoms with E-state index in [0.717, 1.165) is 31.0 Å². The summed E-state index contributed by atoms with van der Waals surface area (Å²) in [5, 5.41) is 3.06. The lowest BCUT2D eigenvalue weighted by molar-refractivity contribution is -0.122. The zero-order chi connectivity index (χ0) is 14.5. The van der Waals surface area contributed by atoms with Crippen LogP contribution in [-0.2, 0) is 17.8 Å². The molecule has 0 radical (unpaired) electrons. The minimum absolute atomic E-state index is 0.0379. The number of fused-ring (bicyclic) bond motifs is 1. The fourth-order valence-corrected chi connectivity index (χ4v) is 2.55. The number of carbonyl (C=O) groups is 1. The fourth-order valence-electron chi connectivity index (χ4n) is 2.55. The van der Waals surface area contributed by atoms with Gasteiger partial charge in [-0.3, -0.25) is 4.79 Å². The predicted octanol–water partition coefficient (Wildman–Crippen LogP) is 1.78. The number of aromatic nitrogens is 2. The summed E-state index contributed by atoms with van der Waals surface area (Å²) in [6.45, 7) is 1.32. The first-order chi connectivity index (χ1) is 10.3. The van der Waals surface area contributed by atoms with Crippen molar-refractivity contribution in [2.75, 3.05) is 6.61 Å². The second-order valence-electron chi connectivity index (χ2n) is 5.21. The Hall–Kier alpha value is -2.30. The molecule has 0 saturated heterocycles. The third-order valence-corrected chi connectivity index (χ3v) is 3.66. The lowest BCUT2D eigenvalue weighted by Gasteiger charge is -2.24. The van der Waals surface area contributed by atoms with E-state index in [1.807, 2.05) is 42.7 Å². The minimum atomic E-state index is 0.0379. The highest BCUT2D eigenvalue weighted by molar-refractivity contribution is 5.76. The molecule has 1 atom stereocenters. The molecular weight excluding hydrogens is 266 g/mol. The molecule has 21 heavy (non-hydrogen) atoms. The fraction of sp³-hybridized carbons (Fsp3) is 0.375. The van der Waals surface area contributed by atoms with Crippen LogP contribution >= 0.6 is 0 Å². The highest BCUT2D eigenvalue weighted by atomic mass is 16.5. The molecule has 0 bridgehead atoms. The van der Waals surface area contributed by atoms with E-state index in [1.165, 1.54) is 0 Å². The molecule has 1 aromatic carbocycles. The van der Waals surface area contributed by atoms with Gasteiger partial charge in [0.2, 0.25) is 5.91 Å². The second-order valence-corrected chi connectivity index (χ2v) is 5.21. The van der Waals surface area contributed by atoms with Crippen LogP contribution in [0.15, 0.2) is 42.7 Å². The van der Waals surface area contributed by atoms with Crippen molar-refractivity contribution in [1.82, 2.24) is 14.9 Å². The third-order valence-electron chi connectivity index (χ3n) is 3.66. The van der Waals surface area contributed by atoms with Crippen LogP contribution in [0.3, 0.4) is 0 Å². The Morgan fingerprint density at radius 2 is 2.24 bits per heavy atom. The maximum absolute atomic E-state index is 11.9. The Balaban J connectivity index is 1.41. The molecule has 1 aliphatic heterocycles. The van der Waals surface area contributed by atoms with Crippen molar-refractivity contribution in [2.24, 2.45) is 0 Å². The molecule has 110 valence electrons. The molecule has 0 aliphatic carbocycles. The van der Waals surface area contributed by atoms with E-state index in [-0.39, 0.29) is 11.9 Å². The standard InChI is InChI=1S/C16H19N3O2/c20-16(7-11-21-14-4-2-1-3-5-14)18-13-6-9-19-10-8-17-15(19)12-13/h1-5,8,10,13H,6-7,9,11-12H2,(H,18,20). The Labute approximate surface area is 124 Å². The van der Waals surface area contributed by atoms with Gasteiger partial charge in [0, 0.05) is 31.4 Å². The van der Waals surface area contributed by atoms with Gasteiger partial charge in [-0.15, -0.1) is 0 Å². The first-order valence-electron chi connectivity index (χ1n) is 7.28. The average Bonchev–Trinajstić information content (AvgIpc) is 2.96. The average molecular weight is 285 g/mol. The number of hydrogen-bond donors (Lipinski definition) is 1. The van der Waals surface area contributed by atoms with Gasteiger partial charge in [-0.05, 0) is 18.6 Å². The van der Waals surface area contributed by atoms with E-state index >= 15 is 0 Å². The molecule has 0 fully saturated rings. The zero-order valence-electron chi connectivity index (χ0n) is 11.9. The van der Waals surface area contributed by atoms with Gasteiger partial charge < -0.3 is 14.6 Å². The molecule has 0 spiro atoms. The highest BCUT2D eigenvalue weighted by Gasteiger charge is 2.20. The number of rotatable bonds is 5. The Bertz CT molecular complexity index is 595. The maximum Gasteiger partial charge on any atom is 0.223 e. The molecular formula is C16H19N3O2. The van der Waals surface area contributed by atoms with Gasteiger partial charge in [0.1, 0.15) is 11.6 Å². The maximum atomic E-state index is 11.9. The number of ether oxygens (including phenoxy) is 1. The van der Waals surface area contributed by atoms with Gasteiger partial charge in [-0.2, -0.15) is 0 Å². The Morgan fingerprint density at radius 3 is 3.10 bits per heavy atom. The molecule has 1 amide bonds. The number of aryl methyl sites for hydroxylation is 1. The highest BCUT2D eigenvalue weighted by Crippen LogP contribution is 2.13. The number of carbonyl (C=O) groups excluding carboxylic acids is 1. The van der Waals surface area contributed by atoms with Crippen molar-refractivity contribution < 1.29 is 9.53 Å². The number of para-hydroxylation sites is 1. The smallest absolute Gasteiger partial charge is 0.223 e. The van der Waals surface area contributed by atoms with Gasteiger partial charge in [-0.25, -0.2) is 4.98 Å². The van der Waals surface area contributed by atoms with Crippen LogP contribution in [0.25, 0.3) is 0 Å². The molecule has 5 heteroatoms. The second kappa shape index (κ2) is 6.43. The van der Waals surface area contributed by atoms with E-state index < -0.39 is 0 Å². The van der Waals surface area contributed by atoms with Gasteiger partial charge in [0.15, 0.2) is 0 Å². The van der Waals surface area contributed by atoms with Crippen LogP contribution in [0.2, 0.25) is 0 Å². The van der Waals surface area contributed by atoms with Crippen molar-refractivity contribution in [2.45, 2.75) is 31.8 Å². The van der Waals surface area contributed by atoms with Gasteiger partial charge in [-0.1, -0.05) is 18.2 Å². The van der Waals surface area contributed by atoms with Crippen LogP contribution in [0.5, 0.6) is 5.75 Å².